The third-order valence-corrected chi connectivity index (χ3v) is 7.78. The number of rotatable bonds is 6. The van der Waals surface area contributed by atoms with Crippen molar-refractivity contribution in [2.24, 2.45) is 0 Å². The smallest absolute Gasteiger partial charge is 0.319 e. The van der Waals surface area contributed by atoms with E-state index in [0.29, 0.717) is 23.4 Å². The number of aromatic nitrogens is 1. The van der Waals surface area contributed by atoms with Gasteiger partial charge in [0.25, 0.3) is 0 Å². The number of aryl methyl sites for hydroxylation is 1. The predicted molar refractivity (Wildman–Crippen MR) is 126 cm³/mol. The molecule has 2 aromatic carbocycles. The van der Waals surface area contributed by atoms with Crippen LogP contribution >= 0.6 is 23.5 Å². The van der Waals surface area contributed by atoms with Crippen molar-refractivity contribution < 1.29 is 9.21 Å². The highest BCUT2D eigenvalue weighted by molar-refractivity contribution is 8.16. The lowest BCUT2D eigenvalue weighted by Gasteiger charge is -2.21. The molecule has 3 aromatic rings. The quantitative estimate of drug-likeness (QED) is 0.502. The summed E-state index contributed by atoms with van der Waals surface area (Å²) in [5.74, 6) is 3.00. The van der Waals surface area contributed by atoms with Crippen molar-refractivity contribution in [3.8, 4) is 11.5 Å². The van der Waals surface area contributed by atoms with E-state index in [1.165, 1.54) is 29.1 Å². The molecule has 2 heterocycles. The molecule has 0 bridgehead atoms. The molecule has 2 amide bonds. The molecule has 2 N–H and O–H groups in total. The predicted octanol–water partition coefficient (Wildman–Crippen LogP) is 5.88. The Morgan fingerprint density at radius 2 is 1.97 bits per heavy atom. The first kappa shape index (κ1) is 20.9. The van der Waals surface area contributed by atoms with Gasteiger partial charge in [0.2, 0.25) is 5.89 Å². The van der Waals surface area contributed by atoms with Gasteiger partial charge < -0.3 is 15.1 Å². The molecule has 1 aliphatic heterocycles. The van der Waals surface area contributed by atoms with E-state index in [-0.39, 0.29) is 6.03 Å². The lowest BCUT2D eigenvalue weighted by atomic mass is 10.1. The third kappa shape index (κ3) is 5.61. The molecule has 1 aliphatic rings. The Labute approximate surface area is 185 Å². The number of carbonyl (C=O) groups is 1. The first-order valence-electron chi connectivity index (χ1n) is 10.1. The number of hydrogen-bond donors (Lipinski definition) is 2. The molecule has 4 rings (SSSR count). The van der Waals surface area contributed by atoms with Crippen molar-refractivity contribution in [1.82, 2.24) is 10.3 Å². The molecule has 7 heteroatoms. The summed E-state index contributed by atoms with van der Waals surface area (Å²) in [7, 11) is 0. The Balaban J connectivity index is 1.26. The van der Waals surface area contributed by atoms with Crippen molar-refractivity contribution in [2.45, 2.75) is 24.3 Å². The van der Waals surface area contributed by atoms with Gasteiger partial charge in [0.05, 0.1) is 10.3 Å². The fourth-order valence-electron chi connectivity index (χ4n) is 3.17. The van der Waals surface area contributed by atoms with E-state index >= 15 is 0 Å². The fraction of sp³-hybridized carbons (Fsp3) is 0.304. The molecule has 0 spiro atoms. The SMILES string of the molecule is Cc1ccc(-c2nc(CCNC(=O)Nc3cccc(C4SCCCS4)c3)co2)cc1. The van der Waals surface area contributed by atoms with Crippen LogP contribution in [0.4, 0.5) is 10.5 Å². The van der Waals surface area contributed by atoms with Crippen molar-refractivity contribution in [3.63, 3.8) is 0 Å². The van der Waals surface area contributed by atoms with Crippen LogP contribution in [0.5, 0.6) is 0 Å². The van der Waals surface area contributed by atoms with Crippen LogP contribution in [0.15, 0.2) is 59.2 Å². The van der Waals surface area contributed by atoms with E-state index in [2.05, 4.69) is 27.8 Å². The molecule has 30 heavy (non-hydrogen) atoms. The van der Waals surface area contributed by atoms with Gasteiger partial charge in [-0.15, -0.1) is 23.5 Å². The molecule has 1 saturated heterocycles. The molecule has 0 atom stereocenters. The maximum absolute atomic E-state index is 12.3. The Kier molecular flexibility index (Phi) is 7.02. The van der Waals surface area contributed by atoms with Crippen LogP contribution in [0.25, 0.3) is 11.5 Å². The Morgan fingerprint density at radius 1 is 1.17 bits per heavy atom. The summed E-state index contributed by atoms with van der Waals surface area (Å²) in [6.45, 7) is 2.53. The minimum absolute atomic E-state index is 0.210. The van der Waals surface area contributed by atoms with Gasteiger partial charge in [0.15, 0.2) is 0 Å². The van der Waals surface area contributed by atoms with Gasteiger partial charge in [-0.3, -0.25) is 0 Å². The molecular weight excluding hydrogens is 414 g/mol. The van der Waals surface area contributed by atoms with Crippen LogP contribution in [-0.4, -0.2) is 29.1 Å². The number of nitrogens with zero attached hydrogens (tertiary/aromatic N) is 1. The number of carbonyl (C=O) groups excluding carboxylic acids is 1. The Hall–Kier alpha value is -2.38. The molecule has 1 aromatic heterocycles. The Morgan fingerprint density at radius 3 is 2.77 bits per heavy atom. The second-order valence-electron chi connectivity index (χ2n) is 7.19. The number of thioether (sulfide) groups is 2. The number of anilines is 1. The van der Waals surface area contributed by atoms with Crippen LogP contribution in [-0.2, 0) is 6.42 Å². The lowest BCUT2D eigenvalue weighted by Crippen LogP contribution is -2.30. The summed E-state index contributed by atoms with van der Waals surface area (Å²) >= 11 is 3.95. The number of nitrogens with one attached hydrogen (secondary N) is 2. The zero-order valence-corrected chi connectivity index (χ0v) is 18.5. The number of benzene rings is 2. The molecule has 0 unspecified atom stereocenters. The molecule has 5 nitrogen and oxygen atoms in total. The highest BCUT2D eigenvalue weighted by Crippen LogP contribution is 2.44. The monoisotopic (exact) mass is 439 g/mol. The number of amides is 2. The van der Waals surface area contributed by atoms with Crippen molar-refractivity contribution in [1.29, 1.82) is 0 Å². The van der Waals surface area contributed by atoms with Crippen molar-refractivity contribution >= 4 is 35.2 Å². The molecule has 156 valence electrons. The fourth-order valence-corrected chi connectivity index (χ4v) is 6.05. The molecule has 0 aliphatic carbocycles. The van der Waals surface area contributed by atoms with Gasteiger partial charge >= 0.3 is 6.03 Å². The van der Waals surface area contributed by atoms with E-state index in [1.54, 1.807) is 6.26 Å². The summed E-state index contributed by atoms with van der Waals surface area (Å²) in [5, 5.41) is 5.82. The highest BCUT2D eigenvalue weighted by atomic mass is 32.2. The van der Waals surface area contributed by atoms with Gasteiger partial charge in [-0.05, 0) is 54.7 Å². The van der Waals surface area contributed by atoms with E-state index in [4.69, 9.17) is 4.42 Å². The summed E-state index contributed by atoms with van der Waals surface area (Å²) in [6.07, 6.45) is 3.53. The summed E-state index contributed by atoms with van der Waals surface area (Å²) in [4.78, 5) is 16.8. The third-order valence-electron chi connectivity index (χ3n) is 4.76. The van der Waals surface area contributed by atoms with E-state index in [9.17, 15) is 4.79 Å². The van der Waals surface area contributed by atoms with Crippen LogP contribution in [0, 0.1) is 6.92 Å². The van der Waals surface area contributed by atoms with Gasteiger partial charge in [-0.2, -0.15) is 0 Å². The van der Waals surface area contributed by atoms with E-state index < -0.39 is 0 Å². The van der Waals surface area contributed by atoms with E-state index in [0.717, 1.165) is 16.9 Å². The highest BCUT2D eigenvalue weighted by Gasteiger charge is 2.17. The molecule has 1 fully saturated rings. The van der Waals surface area contributed by atoms with Gasteiger partial charge in [-0.1, -0.05) is 29.8 Å². The molecular formula is C23H25N3O2S2. The average molecular weight is 440 g/mol. The zero-order chi connectivity index (χ0) is 20.8. The van der Waals surface area contributed by atoms with Crippen LogP contribution in [0.2, 0.25) is 0 Å². The van der Waals surface area contributed by atoms with Crippen molar-refractivity contribution in [2.75, 3.05) is 23.4 Å². The normalized spacial score (nSPS) is 14.4. The van der Waals surface area contributed by atoms with Crippen LogP contribution in [0.1, 0.15) is 27.8 Å². The number of hydrogen-bond acceptors (Lipinski definition) is 5. The number of oxazole rings is 1. The second-order valence-corrected chi connectivity index (χ2v) is 9.92. The zero-order valence-electron chi connectivity index (χ0n) is 16.9. The summed E-state index contributed by atoms with van der Waals surface area (Å²) in [5.41, 5.74) is 5.04. The Bertz CT molecular complexity index is 982. The lowest BCUT2D eigenvalue weighted by molar-refractivity contribution is 0.252. The van der Waals surface area contributed by atoms with Crippen molar-refractivity contribution in [3.05, 3.63) is 71.6 Å². The second kappa shape index (κ2) is 10.1. The summed E-state index contributed by atoms with van der Waals surface area (Å²) in [6, 6.07) is 16.0. The van der Waals surface area contributed by atoms with Crippen LogP contribution < -0.4 is 10.6 Å². The maximum Gasteiger partial charge on any atom is 0.319 e. The van der Waals surface area contributed by atoms with Gasteiger partial charge in [0.1, 0.15) is 6.26 Å². The minimum atomic E-state index is -0.210. The van der Waals surface area contributed by atoms with Gasteiger partial charge in [0, 0.05) is 24.2 Å². The topological polar surface area (TPSA) is 67.2 Å². The first-order chi connectivity index (χ1) is 14.7. The van der Waals surface area contributed by atoms with Gasteiger partial charge in [-0.25, -0.2) is 9.78 Å². The van der Waals surface area contributed by atoms with E-state index in [1.807, 2.05) is 66.8 Å². The largest absolute Gasteiger partial charge is 0.444 e. The first-order valence-corrected chi connectivity index (χ1v) is 12.2. The molecule has 0 saturated carbocycles. The standard InChI is InChI=1S/C23H25N3O2S2/c1-16-6-8-17(9-7-16)21-25-20(15-28-21)10-11-24-23(27)26-19-5-2-4-18(14-19)22-29-12-3-13-30-22/h2,4-9,14-15,22H,3,10-13H2,1H3,(H2,24,26,27). The average Bonchev–Trinajstić information content (AvgIpc) is 3.24. The van der Waals surface area contributed by atoms with Crippen LogP contribution in [0.3, 0.4) is 0 Å². The molecule has 0 radical (unpaired) electrons. The maximum atomic E-state index is 12.3. The number of urea groups is 1. The minimum Gasteiger partial charge on any atom is -0.444 e. The summed E-state index contributed by atoms with van der Waals surface area (Å²) < 4.78 is 6.03.